The highest BCUT2D eigenvalue weighted by molar-refractivity contribution is 14.0. The Hall–Kier alpha value is -0.630. The number of guanidine groups is 1. The smallest absolute Gasteiger partial charge is 0.191 e. The van der Waals surface area contributed by atoms with Crippen LogP contribution in [0.25, 0.3) is 0 Å². The molecule has 1 fully saturated rings. The summed E-state index contributed by atoms with van der Waals surface area (Å²) in [4.78, 5) is 4.29. The van der Waals surface area contributed by atoms with Gasteiger partial charge in [0.05, 0.1) is 6.61 Å². The minimum absolute atomic E-state index is 0. The van der Waals surface area contributed by atoms with E-state index in [1.165, 1.54) is 24.2 Å². The average molecular weight is 463 g/mol. The van der Waals surface area contributed by atoms with Gasteiger partial charge in [0.2, 0.25) is 0 Å². The Balaban J connectivity index is 0.00000288. The van der Waals surface area contributed by atoms with Crippen molar-refractivity contribution in [1.29, 1.82) is 0 Å². The Morgan fingerprint density at radius 1 is 1.29 bits per heavy atom. The lowest BCUT2D eigenvalue weighted by atomic mass is 10.2. The minimum atomic E-state index is 0. The third kappa shape index (κ3) is 7.96. The van der Waals surface area contributed by atoms with Crippen molar-refractivity contribution in [3.63, 3.8) is 0 Å². The first-order chi connectivity index (χ1) is 11.2. The zero-order chi connectivity index (χ0) is 16.5. The Labute approximate surface area is 167 Å². The number of hydrogen-bond donors (Lipinski definition) is 2. The van der Waals surface area contributed by atoms with Crippen LogP contribution in [-0.2, 0) is 6.54 Å². The summed E-state index contributed by atoms with van der Waals surface area (Å²) in [5.74, 6) is 3.65. The summed E-state index contributed by atoms with van der Waals surface area (Å²) < 4.78 is 5.71. The van der Waals surface area contributed by atoms with Crippen molar-refractivity contribution in [3.05, 3.63) is 29.8 Å². The molecule has 4 nitrogen and oxygen atoms in total. The van der Waals surface area contributed by atoms with Crippen LogP contribution >= 0.6 is 35.7 Å². The van der Waals surface area contributed by atoms with Crippen molar-refractivity contribution in [2.45, 2.75) is 38.5 Å². The first-order valence-electron chi connectivity index (χ1n) is 8.45. The molecule has 0 spiro atoms. The van der Waals surface area contributed by atoms with Gasteiger partial charge >= 0.3 is 0 Å². The van der Waals surface area contributed by atoms with Gasteiger partial charge < -0.3 is 15.4 Å². The third-order valence-corrected chi connectivity index (χ3v) is 5.11. The molecule has 0 aliphatic carbocycles. The number of rotatable bonds is 7. The van der Waals surface area contributed by atoms with E-state index in [0.717, 1.165) is 36.7 Å². The van der Waals surface area contributed by atoms with Gasteiger partial charge in [0.15, 0.2) is 5.96 Å². The van der Waals surface area contributed by atoms with Crippen LogP contribution in [0, 0.1) is 5.92 Å². The van der Waals surface area contributed by atoms with Gasteiger partial charge in [0, 0.05) is 25.4 Å². The summed E-state index contributed by atoms with van der Waals surface area (Å²) >= 11 is 2.06. The molecule has 0 amide bonds. The van der Waals surface area contributed by atoms with Crippen molar-refractivity contribution in [1.82, 2.24) is 10.6 Å². The summed E-state index contributed by atoms with van der Waals surface area (Å²) in [6.07, 6.45) is 2.65. The molecule has 1 unspecified atom stereocenters. The highest BCUT2D eigenvalue weighted by atomic mass is 127. The maximum Gasteiger partial charge on any atom is 0.191 e. The Morgan fingerprint density at radius 2 is 2.04 bits per heavy atom. The third-order valence-electron chi connectivity index (χ3n) is 3.71. The minimum Gasteiger partial charge on any atom is -0.493 e. The Morgan fingerprint density at radius 3 is 2.62 bits per heavy atom. The first kappa shape index (κ1) is 21.4. The molecule has 24 heavy (non-hydrogen) atoms. The van der Waals surface area contributed by atoms with Gasteiger partial charge in [-0.2, -0.15) is 11.8 Å². The predicted molar refractivity (Wildman–Crippen MR) is 116 cm³/mol. The fraction of sp³-hybridized carbons (Fsp3) is 0.611. The lowest BCUT2D eigenvalue weighted by molar-refractivity contribution is 0.271. The highest BCUT2D eigenvalue weighted by Gasteiger charge is 2.15. The second kappa shape index (κ2) is 11.8. The number of ether oxygens (including phenoxy) is 1. The van der Waals surface area contributed by atoms with Gasteiger partial charge in [0.25, 0.3) is 0 Å². The molecule has 6 heteroatoms. The lowest BCUT2D eigenvalue weighted by Gasteiger charge is -2.15. The van der Waals surface area contributed by atoms with Crippen LogP contribution in [0.4, 0.5) is 0 Å². The SMILES string of the molecule is CN=C(NCc1ccc(OCC(C)C)cc1)NCC1CCCS1.I. The van der Waals surface area contributed by atoms with Crippen LogP contribution in [0.5, 0.6) is 5.75 Å². The van der Waals surface area contributed by atoms with Crippen LogP contribution in [0.2, 0.25) is 0 Å². The molecule has 0 bridgehead atoms. The van der Waals surface area contributed by atoms with Crippen LogP contribution in [0.1, 0.15) is 32.3 Å². The van der Waals surface area contributed by atoms with E-state index in [0.29, 0.717) is 5.92 Å². The molecule has 1 heterocycles. The van der Waals surface area contributed by atoms with Crippen molar-refractivity contribution in [2.24, 2.45) is 10.9 Å². The van der Waals surface area contributed by atoms with E-state index in [4.69, 9.17) is 4.74 Å². The molecule has 2 rings (SSSR count). The van der Waals surface area contributed by atoms with E-state index in [1.54, 1.807) is 0 Å². The van der Waals surface area contributed by atoms with Crippen molar-refractivity contribution < 1.29 is 4.74 Å². The molecule has 0 radical (unpaired) electrons. The first-order valence-corrected chi connectivity index (χ1v) is 9.50. The largest absolute Gasteiger partial charge is 0.493 e. The van der Waals surface area contributed by atoms with Gasteiger partial charge in [-0.25, -0.2) is 0 Å². The second-order valence-electron chi connectivity index (χ2n) is 6.29. The monoisotopic (exact) mass is 463 g/mol. The molecular weight excluding hydrogens is 433 g/mol. The summed E-state index contributed by atoms with van der Waals surface area (Å²) in [5.41, 5.74) is 1.22. The summed E-state index contributed by atoms with van der Waals surface area (Å²) in [7, 11) is 1.82. The molecule has 0 aromatic heterocycles. The second-order valence-corrected chi connectivity index (χ2v) is 7.70. The predicted octanol–water partition coefficient (Wildman–Crippen LogP) is 3.90. The Bertz CT molecular complexity index is 488. The summed E-state index contributed by atoms with van der Waals surface area (Å²) in [6.45, 7) is 6.82. The standard InChI is InChI=1S/C18H29N3OS.HI/c1-14(2)13-22-16-8-6-15(7-9-16)11-20-18(19-3)21-12-17-5-4-10-23-17;/h6-9,14,17H,4-5,10-13H2,1-3H3,(H2,19,20,21);1H. The average Bonchev–Trinajstić information content (AvgIpc) is 3.07. The van der Waals surface area contributed by atoms with E-state index >= 15 is 0 Å². The number of hydrogen-bond acceptors (Lipinski definition) is 3. The van der Waals surface area contributed by atoms with Crippen LogP contribution in [0.15, 0.2) is 29.3 Å². The topological polar surface area (TPSA) is 45.7 Å². The normalized spacial score (nSPS) is 17.5. The van der Waals surface area contributed by atoms with Gasteiger partial charge in [-0.05, 0) is 42.2 Å². The van der Waals surface area contributed by atoms with Gasteiger partial charge in [-0.1, -0.05) is 26.0 Å². The number of halogens is 1. The van der Waals surface area contributed by atoms with Crippen molar-refractivity contribution in [2.75, 3.05) is 26.0 Å². The van der Waals surface area contributed by atoms with Crippen LogP contribution in [0.3, 0.4) is 0 Å². The number of benzene rings is 1. The molecule has 1 atom stereocenters. The summed E-state index contributed by atoms with van der Waals surface area (Å²) in [6, 6.07) is 8.26. The number of thioether (sulfide) groups is 1. The molecular formula is C18H30IN3OS. The lowest BCUT2D eigenvalue weighted by Crippen LogP contribution is -2.39. The maximum absolute atomic E-state index is 5.71. The number of nitrogens with zero attached hydrogens (tertiary/aromatic N) is 1. The Kier molecular flexibility index (Phi) is 10.6. The van der Waals surface area contributed by atoms with E-state index < -0.39 is 0 Å². The highest BCUT2D eigenvalue weighted by Crippen LogP contribution is 2.25. The molecule has 1 aromatic carbocycles. The number of aliphatic imine (C=N–C) groups is 1. The molecule has 136 valence electrons. The summed E-state index contributed by atoms with van der Waals surface area (Å²) in [5, 5.41) is 7.51. The molecule has 2 N–H and O–H groups in total. The van der Waals surface area contributed by atoms with E-state index in [2.05, 4.69) is 53.4 Å². The fourth-order valence-corrected chi connectivity index (χ4v) is 3.59. The van der Waals surface area contributed by atoms with Gasteiger partial charge in [0.1, 0.15) is 5.75 Å². The number of nitrogens with one attached hydrogen (secondary N) is 2. The van der Waals surface area contributed by atoms with Crippen molar-refractivity contribution in [3.8, 4) is 5.75 Å². The molecule has 0 saturated carbocycles. The molecule has 1 aliphatic heterocycles. The fourth-order valence-electron chi connectivity index (χ4n) is 2.39. The van der Waals surface area contributed by atoms with E-state index in [-0.39, 0.29) is 24.0 Å². The zero-order valence-corrected chi connectivity index (χ0v) is 18.0. The quantitative estimate of drug-likeness (QED) is 0.366. The van der Waals surface area contributed by atoms with E-state index in [9.17, 15) is 0 Å². The van der Waals surface area contributed by atoms with E-state index in [1.807, 2.05) is 19.2 Å². The zero-order valence-electron chi connectivity index (χ0n) is 14.9. The molecule has 1 saturated heterocycles. The van der Waals surface area contributed by atoms with Gasteiger partial charge in [-0.15, -0.1) is 24.0 Å². The van der Waals surface area contributed by atoms with Crippen LogP contribution in [-0.4, -0.2) is 37.2 Å². The molecule has 1 aromatic rings. The molecule has 1 aliphatic rings. The van der Waals surface area contributed by atoms with Crippen molar-refractivity contribution >= 4 is 41.7 Å². The van der Waals surface area contributed by atoms with Crippen LogP contribution < -0.4 is 15.4 Å². The van der Waals surface area contributed by atoms with Gasteiger partial charge in [-0.3, -0.25) is 4.99 Å². The maximum atomic E-state index is 5.71.